The SMILES string of the molecule is Cc1cc(F)cc(C)c1-c1cc(C(CC(=O)O)NC(=O)[C@@H](CC(C)C)n2cc(CCN3CCC4(CC4)C3)c(C(F)(F)F)cc2=O)cc2c1CCC2. The van der Waals surface area contributed by atoms with E-state index in [9.17, 15) is 37.1 Å². The van der Waals surface area contributed by atoms with E-state index in [-0.39, 0.29) is 30.1 Å². The van der Waals surface area contributed by atoms with Crippen LogP contribution in [0.3, 0.4) is 0 Å². The first-order chi connectivity index (χ1) is 24.0. The molecule has 51 heavy (non-hydrogen) atoms. The lowest BCUT2D eigenvalue weighted by Gasteiger charge is -2.27. The van der Waals surface area contributed by atoms with Crippen molar-refractivity contribution in [3.05, 3.63) is 91.6 Å². The van der Waals surface area contributed by atoms with Gasteiger partial charge in [0.15, 0.2) is 0 Å². The van der Waals surface area contributed by atoms with Crippen molar-refractivity contribution in [1.29, 1.82) is 0 Å². The monoisotopic (exact) mass is 709 g/mol. The number of amides is 1. The summed E-state index contributed by atoms with van der Waals surface area (Å²) in [6.07, 6.45) is 2.03. The molecule has 1 aromatic heterocycles. The number of hydrogen-bond acceptors (Lipinski definition) is 4. The maximum atomic E-state index is 14.3. The molecule has 1 spiro atoms. The molecule has 2 atom stereocenters. The van der Waals surface area contributed by atoms with Gasteiger partial charge in [0.05, 0.1) is 18.0 Å². The van der Waals surface area contributed by atoms with Crippen LogP contribution in [0.15, 0.2) is 41.3 Å². The minimum Gasteiger partial charge on any atom is -0.481 e. The van der Waals surface area contributed by atoms with E-state index in [0.29, 0.717) is 23.6 Å². The second kappa shape index (κ2) is 14.2. The van der Waals surface area contributed by atoms with E-state index in [0.717, 1.165) is 89.6 Å². The number of nitrogens with zero attached hydrogens (tertiary/aromatic N) is 2. The van der Waals surface area contributed by atoms with Gasteiger partial charge in [0.2, 0.25) is 5.91 Å². The van der Waals surface area contributed by atoms with Gasteiger partial charge in [0.25, 0.3) is 5.56 Å². The van der Waals surface area contributed by atoms with Crippen LogP contribution in [-0.4, -0.2) is 46.1 Å². The van der Waals surface area contributed by atoms with Crippen molar-refractivity contribution < 1.29 is 32.3 Å². The molecule has 1 unspecified atom stereocenters. The van der Waals surface area contributed by atoms with Gasteiger partial charge >= 0.3 is 12.1 Å². The van der Waals surface area contributed by atoms with E-state index in [4.69, 9.17) is 0 Å². The van der Waals surface area contributed by atoms with Gasteiger partial charge in [0, 0.05) is 25.4 Å². The molecule has 7 nitrogen and oxygen atoms in total. The van der Waals surface area contributed by atoms with Crippen LogP contribution >= 0.6 is 0 Å². The third kappa shape index (κ3) is 8.08. The first-order valence-corrected chi connectivity index (χ1v) is 18.0. The molecular formula is C40H47F4N3O4. The Labute approximate surface area is 296 Å². The van der Waals surface area contributed by atoms with Crippen LogP contribution in [0.5, 0.6) is 0 Å². The van der Waals surface area contributed by atoms with Gasteiger partial charge in [-0.15, -0.1) is 0 Å². The van der Waals surface area contributed by atoms with Gasteiger partial charge in [-0.05, 0) is 146 Å². The molecule has 1 amide bonds. The topological polar surface area (TPSA) is 91.6 Å². The van der Waals surface area contributed by atoms with E-state index in [1.807, 2.05) is 39.8 Å². The number of aromatic nitrogens is 1. The van der Waals surface area contributed by atoms with Crippen LogP contribution in [0.1, 0.15) is 103 Å². The van der Waals surface area contributed by atoms with Crippen LogP contribution in [-0.2, 0) is 35.0 Å². The average molecular weight is 710 g/mol. The van der Waals surface area contributed by atoms with Crippen LogP contribution in [0.2, 0.25) is 0 Å². The number of carboxylic acid groups (broad SMARTS) is 1. The normalized spacial score (nSPS) is 17.9. The molecule has 1 saturated carbocycles. The zero-order valence-electron chi connectivity index (χ0n) is 29.8. The summed E-state index contributed by atoms with van der Waals surface area (Å²) < 4.78 is 58.1. The summed E-state index contributed by atoms with van der Waals surface area (Å²) in [4.78, 5) is 42.0. The summed E-state index contributed by atoms with van der Waals surface area (Å²) in [5.41, 5.74) is 4.25. The Bertz CT molecular complexity index is 1870. The quantitative estimate of drug-likeness (QED) is 0.188. The zero-order chi connectivity index (χ0) is 36.8. The molecule has 1 aliphatic heterocycles. The van der Waals surface area contributed by atoms with Crippen LogP contribution in [0.25, 0.3) is 11.1 Å². The lowest BCUT2D eigenvalue weighted by Crippen LogP contribution is -2.40. The second-order valence-electron chi connectivity index (χ2n) is 15.5. The number of aliphatic carboxylic acids is 1. The number of likely N-dealkylation sites (tertiary alicyclic amines) is 1. The number of carboxylic acids is 1. The molecule has 11 heteroatoms. The Morgan fingerprint density at radius 1 is 1.02 bits per heavy atom. The molecule has 3 aliphatic rings. The predicted molar refractivity (Wildman–Crippen MR) is 187 cm³/mol. The van der Waals surface area contributed by atoms with Crippen molar-refractivity contribution in [2.45, 2.75) is 104 Å². The molecular weight excluding hydrogens is 662 g/mol. The number of aryl methyl sites for hydroxylation is 3. The first kappa shape index (κ1) is 36.8. The highest BCUT2D eigenvalue weighted by atomic mass is 19.4. The number of halogens is 4. The Morgan fingerprint density at radius 3 is 2.33 bits per heavy atom. The molecule has 2 aliphatic carbocycles. The number of hydrogen-bond donors (Lipinski definition) is 2. The number of fused-ring (bicyclic) bond motifs is 1. The molecule has 3 aromatic rings. The fraction of sp³-hybridized carbons (Fsp3) is 0.525. The van der Waals surface area contributed by atoms with Crippen LogP contribution in [0.4, 0.5) is 17.6 Å². The van der Waals surface area contributed by atoms with Crippen molar-refractivity contribution in [1.82, 2.24) is 14.8 Å². The molecule has 2 N–H and O–H groups in total. The number of nitrogens with one attached hydrogen (secondary N) is 1. The third-order valence-corrected chi connectivity index (χ3v) is 11.1. The minimum atomic E-state index is -4.74. The van der Waals surface area contributed by atoms with E-state index in [1.165, 1.54) is 18.3 Å². The molecule has 2 aromatic carbocycles. The van der Waals surface area contributed by atoms with E-state index in [2.05, 4.69) is 10.2 Å². The van der Waals surface area contributed by atoms with Gasteiger partial charge < -0.3 is 19.9 Å². The van der Waals surface area contributed by atoms with E-state index < -0.39 is 47.7 Å². The number of rotatable bonds is 12. The highest BCUT2D eigenvalue weighted by molar-refractivity contribution is 5.82. The number of benzene rings is 2. The smallest absolute Gasteiger partial charge is 0.416 e. The molecule has 6 rings (SSSR count). The van der Waals surface area contributed by atoms with Crippen LogP contribution in [0, 0.1) is 31.0 Å². The lowest BCUT2D eigenvalue weighted by atomic mass is 9.87. The summed E-state index contributed by atoms with van der Waals surface area (Å²) in [7, 11) is 0. The van der Waals surface area contributed by atoms with E-state index >= 15 is 0 Å². The first-order valence-electron chi connectivity index (χ1n) is 18.0. The summed E-state index contributed by atoms with van der Waals surface area (Å²) in [6, 6.07) is 5.14. The Hall–Kier alpha value is -3.99. The number of alkyl halides is 3. The molecule has 2 heterocycles. The highest BCUT2D eigenvalue weighted by Crippen LogP contribution is 2.52. The number of carbonyl (C=O) groups is 2. The lowest BCUT2D eigenvalue weighted by molar-refractivity contribution is -0.139. The van der Waals surface area contributed by atoms with Crippen LogP contribution < -0.4 is 10.9 Å². The maximum absolute atomic E-state index is 14.3. The van der Waals surface area contributed by atoms with Gasteiger partial charge in [0.1, 0.15) is 11.9 Å². The van der Waals surface area contributed by atoms with Gasteiger partial charge in [-0.3, -0.25) is 14.4 Å². The molecule has 2 fully saturated rings. The second-order valence-corrected chi connectivity index (χ2v) is 15.5. The number of pyridine rings is 1. The Morgan fingerprint density at radius 2 is 1.73 bits per heavy atom. The average Bonchev–Trinajstić information content (AvgIpc) is 3.41. The molecule has 0 bridgehead atoms. The molecule has 1 saturated heterocycles. The fourth-order valence-corrected chi connectivity index (χ4v) is 8.36. The molecule has 274 valence electrons. The summed E-state index contributed by atoms with van der Waals surface area (Å²) in [5.74, 6) is -2.26. The Kier molecular flexibility index (Phi) is 10.2. The predicted octanol–water partition coefficient (Wildman–Crippen LogP) is 7.73. The van der Waals surface area contributed by atoms with Gasteiger partial charge in [-0.25, -0.2) is 4.39 Å². The molecule has 0 radical (unpaired) electrons. The fourth-order valence-electron chi connectivity index (χ4n) is 8.36. The van der Waals surface area contributed by atoms with Crippen molar-refractivity contribution in [2.75, 3.05) is 19.6 Å². The summed E-state index contributed by atoms with van der Waals surface area (Å²) in [6.45, 7) is 9.47. The summed E-state index contributed by atoms with van der Waals surface area (Å²) >= 11 is 0. The largest absolute Gasteiger partial charge is 0.481 e. The standard InChI is InChI=1S/C40H47F4N3O4/c1-23(2)14-34(47-21-27(32(19-35(47)48)40(42,43)44)8-12-46-13-11-39(22-46)9-10-39)38(51)45-33(20-36(49)50)28-17-26-6-5-7-30(26)31(18-28)37-24(3)15-29(41)16-25(37)4/h15-19,21,23,33-34H,5-14,20,22H2,1-4H3,(H,45,51)(H,49,50)/t33?,34-/m1/s1. The minimum absolute atomic E-state index is 0.0456. The van der Waals surface area contributed by atoms with Crippen molar-refractivity contribution in [3.63, 3.8) is 0 Å². The van der Waals surface area contributed by atoms with Crippen molar-refractivity contribution in [2.24, 2.45) is 11.3 Å². The zero-order valence-corrected chi connectivity index (χ0v) is 29.8. The Balaban J connectivity index is 1.35. The third-order valence-electron chi connectivity index (χ3n) is 11.1. The maximum Gasteiger partial charge on any atom is 0.416 e. The summed E-state index contributed by atoms with van der Waals surface area (Å²) in [5, 5.41) is 12.9. The van der Waals surface area contributed by atoms with E-state index in [1.54, 1.807) is 0 Å². The van der Waals surface area contributed by atoms with Crippen molar-refractivity contribution in [3.8, 4) is 11.1 Å². The van der Waals surface area contributed by atoms with Crippen molar-refractivity contribution >= 4 is 11.9 Å². The van der Waals surface area contributed by atoms with Gasteiger partial charge in [-0.1, -0.05) is 19.9 Å². The highest BCUT2D eigenvalue weighted by Gasteiger charge is 2.47. The number of carbonyl (C=O) groups excluding carboxylic acids is 1. The van der Waals surface area contributed by atoms with Gasteiger partial charge in [-0.2, -0.15) is 13.2 Å².